The topological polar surface area (TPSA) is 38.1 Å². The zero-order chi connectivity index (χ0) is 10.5. The Hall–Kier alpha value is -1.61. The molecule has 2 rings (SSSR count). The van der Waals surface area contributed by atoms with Gasteiger partial charge in [-0.25, -0.2) is 0 Å². The van der Waals surface area contributed by atoms with Gasteiger partial charge in [0.25, 0.3) is 0 Å². The molecule has 2 heterocycles. The van der Waals surface area contributed by atoms with E-state index in [4.69, 9.17) is 4.42 Å². The highest BCUT2D eigenvalue weighted by Gasteiger charge is 1.97. The molecule has 2 aromatic heterocycles. The van der Waals surface area contributed by atoms with Crippen molar-refractivity contribution < 1.29 is 4.42 Å². The summed E-state index contributed by atoms with van der Waals surface area (Å²) in [5.74, 6) is 1.93. The molecule has 3 nitrogen and oxygen atoms in total. The van der Waals surface area contributed by atoms with Gasteiger partial charge >= 0.3 is 0 Å². The highest BCUT2D eigenvalue weighted by Crippen LogP contribution is 2.05. The molecule has 15 heavy (non-hydrogen) atoms. The van der Waals surface area contributed by atoms with Crippen LogP contribution in [0, 0.1) is 6.92 Å². The first-order chi connectivity index (χ1) is 7.34. The third-order valence-electron chi connectivity index (χ3n) is 2.17. The summed E-state index contributed by atoms with van der Waals surface area (Å²) in [6, 6.07) is 7.97. The molecule has 0 aliphatic heterocycles. The van der Waals surface area contributed by atoms with Crippen molar-refractivity contribution >= 4 is 0 Å². The minimum Gasteiger partial charge on any atom is -0.465 e. The van der Waals surface area contributed by atoms with Crippen molar-refractivity contribution in [1.82, 2.24) is 10.3 Å². The van der Waals surface area contributed by atoms with E-state index in [0.717, 1.165) is 24.6 Å². The minimum atomic E-state index is 0.760. The second kappa shape index (κ2) is 4.75. The first kappa shape index (κ1) is 9.93. The Balaban J connectivity index is 1.80. The van der Waals surface area contributed by atoms with Gasteiger partial charge in [0.2, 0.25) is 0 Å². The lowest BCUT2D eigenvalue weighted by atomic mass is 10.3. The molecule has 0 saturated heterocycles. The van der Waals surface area contributed by atoms with E-state index in [1.54, 1.807) is 12.4 Å². The van der Waals surface area contributed by atoms with Crippen LogP contribution in [0.1, 0.15) is 17.1 Å². The summed E-state index contributed by atoms with van der Waals surface area (Å²) in [5.41, 5.74) is 1.23. The molecule has 2 aromatic rings. The molecular formula is C12H14N2O. The van der Waals surface area contributed by atoms with Crippen LogP contribution in [0.2, 0.25) is 0 Å². The maximum atomic E-state index is 5.45. The lowest BCUT2D eigenvalue weighted by molar-refractivity contribution is 0.461. The Morgan fingerprint density at radius 1 is 1.13 bits per heavy atom. The molecule has 1 N–H and O–H groups in total. The van der Waals surface area contributed by atoms with E-state index < -0.39 is 0 Å². The van der Waals surface area contributed by atoms with E-state index in [9.17, 15) is 0 Å². The summed E-state index contributed by atoms with van der Waals surface area (Å²) in [5, 5.41) is 3.31. The molecule has 0 aromatic carbocycles. The van der Waals surface area contributed by atoms with Gasteiger partial charge in [-0.05, 0) is 36.8 Å². The number of pyridine rings is 1. The molecule has 0 aliphatic rings. The van der Waals surface area contributed by atoms with Gasteiger partial charge in [-0.1, -0.05) is 0 Å². The van der Waals surface area contributed by atoms with Crippen LogP contribution < -0.4 is 5.32 Å². The average Bonchev–Trinajstić information content (AvgIpc) is 2.66. The Labute approximate surface area is 89.1 Å². The largest absolute Gasteiger partial charge is 0.465 e. The molecule has 0 radical (unpaired) electrons. The van der Waals surface area contributed by atoms with Crippen LogP contribution in [0.5, 0.6) is 0 Å². The number of hydrogen-bond donors (Lipinski definition) is 1. The first-order valence-corrected chi connectivity index (χ1v) is 4.99. The van der Waals surface area contributed by atoms with Crippen molar-refractivity contribution in [3.8, 4) is 0 Å². The molecular weight excluding hydrogens is 188 g/mol. The molecule has 0 atom stereocenters. The third-order valence-corrected chi connectivity index (χ3v) is 2.17. The fourth-order valence-electron chi connectivity index (χ4n) is 1.41. The maximum Gasteiger partial charge on any atom is 0.117 e. The van der Waals surface area contributed by atoms with Gasteiger partial charge in [-0.2, -0.15) is 0 Å². The summed E-state index contributed by atoms with van der Waals surface area (Å²) in [6.07, 6.45) is 3.60. The monoisotopic (exact) mass is 202 g/mol. The second-order valence-corrected chi connectivity index (χ2v) is 3.47. The lowest BCUT2D eigenvalue weighted by Crippen LogP contribution is -2.11. The summed E-state index contributed by atoms with van der Waals surface area (Å²) in [6.45, 7) is 3.55. The Bertz CT molecular complexity index is 409. The van der Waals surface area contributed by atoms with E-state index in [1.807, 2.05) is 31.2 Å². The predicted molar refractivity (Wildman–Crippen MR) is 58.2 cm³/mol. The fourth-order valence-corrected chi connectivity index (χ4v) is 1.41. The van der Waals surface area contributed by atoms with Gasteiger partial charge in [0.15, 0.2) is 0 Å². The van der Waals surface area contributed by atoms with Gasteiger partial charge < -0.3 is 9.73 Å². The molecule has 78 valence electrons. The van der Waals surface area contributed by atoms with E-state index in [-0.39, 0.29) is 0 Å². The zero-order valence-electron chi connectivity index (χ0n) is 8.73. The molecule has 0 saturated carbocycles. The van der Waals surface area contributed by atoms with Crippen molar-refractivity contribution in [3.63, 3.8) is 0 Å². The van der Waals surface area contributed by atoms with Crippen LogP contribution in [0.4, 0.5) is 0 Å². The van der Waals surface area contributed by atoms with Crippen molar-refractivity contribution in [1.29, 1.82) is 0 Å². The highest BCUT2D eigenvalue weighted by molar-refractivity contribution is 5.10. The van der Waals surface area contributed by atoms with Crippen LogP contribution in [-0.2, 0) is 13.1 Å². The highest BCUT2D eigenvalue weighted by atomic mass is 16.3. The predicted octanol–water partition coefficient (Wildman–Crippen LogP) is 2.27. The van der Waals surface area contributed by atoms with E-state index in [2.05, 4.69) is 10.3 Å². The number of hydrogen-bond acceptors (Lipinski definition) is 3. The van der Waals surface area contributed by atoms with Gasteiger partial charge in [0, 0.05) is 18.9 Å². The van der Waals surface area contributed by atoms with E-state index in [0.29, 0.717) is 0 Å². The number of furan rings is 1. The van der Waals surface area contributed by atoms with Gasteiger partial charge in [-0.3, -0.25) is 4.98 Å². The summed E-state index contributed by atoms with van der Waals surface area (Å²) in [7, 11) is 0. The molecule has 0 bridgehead atoms. The second-order valence-electron chi connectivity index (χ2n) is 3.47. The van der Waals surface area contributed by atoms with Crippen molar-refractivity contribution in [3.05, 3.63) is 53.7 Å². The van der Waals surface area contributed by atoms with Crippen molar-refractivity contribution in [2.24, 2.45) is 0 Å². The van der Waals surface area contributed by atoms with Crippen LogP contribution in [-0.4, -0.2) is 4.98 Å². The van der Waals surface area contributed by atoms with Crippen LogP contribution in [0.15, 0.2) is 41.1 Å². The van der Waals surface area contributed by atoms with Gasteiger partial charge in [-0.15, -0.1) is 0 Å². The minimum absolute atomic E-state index is 0.760. The summed E-state index contributed by atoms with van der Waals surface area (Å²) in [4.78, 5) is 3.97. The zero-order valence-corrected chi connectivity index (χ0v) is 8.73. The Morgan fingerprint density at radius 3 is 2.60 bits per heavy atom. The first-order valence-electron chi connectivity index (χ1n) is 4.99. The maximum absolute atomic E-state index is 5.45. The lowest BCUT2D eigenvalue weighted by Gasteiger charge is -2.01. The van der Waals surface area contributed by atoms with Crippen LogP contribution >= 0.6 is 0 Å². The molecule has 0 spiro atoms. The van der Waals surface area contributed by atoms with Gasteiger partial charge in [0.1, 0.15) is 11.5 Å². The normalized spacial score (nSPS) is 10.5. The summed E-state index contributed by atoms with van der Waals surface area (Å²) < 4.78 is 5.45. The molecule has 0 unspecified atom stereocenters. The van der Waals surface area contributed by atoms with E-state index in [1.165, 1.54) is 5.56 Å². The third kappa shape index (κ3) is 2.92. The van der Waals surface area contributed by atoms with E-state index >= 15 is 0 Å². The van der Waals surface area contributed by atoms with Crippen molar-refractivity contribution in [2.45, 2.75) is 20.0 Å². The quantitative estimate of drug-likeness (QED) is 0.826. The number of aryl methyl sites for hydroxylation is 1. The average molecular weight is 202 g/mol. The SMILES string of the molecule is Cc1ccc(CNCc2ccncc2)o1. The van der Waals surface area contributed by atoms with Gasteiger partial charge in [0.05, 0.1) is 6.54 Å². The molecule has 0 amide bonds. The number of aromatic nitrogens is 1. The molecule has 3 heteroatoms. The van der Waals surface area contributed by atoms with Crippen LogP contribution in [0.3, 0.4) is 0 Å². The Kier molecular flexibility index (Phi) is 3.15. The Morgan fingerprint density at radius 2 is 1.93 bits per heavy atom. The standard InChI is InChI=1S/C12H14N2O/c1-10-2-3-12(15-10)9-14-8-11-4-6-13-7-5-11/h2-7,14H,8-9H2,1H3. The number of nitrogens with one attached hydrogen (secondary N) is 1. The number of rotatable bonds is 4. The molecule has 0 fully saturated rings. The summed E-state index contributed by atoms with van der Waals surface area (Å²) >= 11 is 0. The molecule has 0 aliphatic carbocycles. The van der Waals surface area contributed by atoms with Crippen molar-refractivity contribution in [2.75, 3.05) is 0 Å². The van der Waals surface area contributed by atoms with Crippen LogP contribution in [0.25, 0.3) is 0 Å². The number of nitrogens with zero attached hydrogens (tertiary/aromatic N) is 1. The fraction of sp³-hybridized carbons (Fsp3) is 0.250. The smallest absolute Gasteiger partial charge is 0.117 e.